The van der Waals surface area contributed by atoms with Gasteiger partial charge in [-0.25, -0.2) is 18.9 Å². The maximum Gasteiger partial charge on any atom is 0.406 e. The summed E-state index contributed by atoms with van der Waals surface area (Å²) < 4.78 is 62.3. The van der Waals surface area contributed by atoms with E-state index in [0.717, 1.165) is 11.1 Å². The molecule has 0 spiro atoms. The fraction of sp³-hybridized carbons (Fsp3) is 0.500. The smallest absolute Gasteiger partial charge is 0.382 e. The third-order valence-electron chi connectivity index (χ3n) is 7.38. The number of pyridine rings is 1. The van der Waals surface area contributed by atoms with Crippen molar-refractivity contribution < 1.29 is 22.3 Å². The number of piperidine rings is 1. The molecule has 4 aromatic rings. The van der Waals surface area contributed by atoms with Gasteiger partial charge in [-0.2, -0.15) is 18.2 Å². The lowest BCUT2D eigenvalue weighted by Crippen LogP contribution is -2.64. The molecule has 2 fully saturated rings. The van der Waals surface area contributed by atoms with Crippen LogP contribution in [0.4, 0.5) is 29.3 Å². The van der Waals surface area contributed by atoms with Gasteiger partial charge >= 0.3 is 6.18 Å². The Morgan fingerprint density at radius 3 is 2.66 bits per heavy atom. The molecule has 202 valence electrons. The summed E-state index contributed by atoms with van der Waals surface area (Å²) in [5.41, 5.74) is 8.07. The molecule has 10 nitrogen and oxygen atoms in total. The van der Waals surface area contributed by atoms with E-state index in [2.05, 4.69) is 37.2 Å². The second-order valence-corrected chi connectivity index (χ2v) is 10.2. The Bertz CT molecular complexity index is 1510. The van der Waals surface area contributed by atoms with Crippen molar-refractivity contribution in [3.63, 3.8) is 0 Å². The highest BCUT2D eigenvalue weighted by Gasteiger charge is 2.43. The van der Waals surface area contributed by atoms with E-state index in [9.17, 15) is 13.2 Å². The van der Waals surface area contributed by atoms with Gasteiger partial charge in [-0.3, -0.25) is 4.90 Å². The Kier molecular flexibility index (Phi) is 5.72. The molecule has 6 rings (SSSR count). The first-order valence-electron chi connectivity index (χ1n) is 12.3. The number of aromatic nitrogens is 6. The first-order valence-corrected chi connectivity index (χ1v) is 12.3. The van der Waals surface area contributed by atoms with Crippen molar-refractivity contribution in [3.8, 4) is 11.3 Å². The van der Waals surface area contributed by atoms with Crippen LogP contribution in [0.15, 0.2) is 24.4 Å². The number of aryl methyl sites for hydroxylation is 1. The van der Waals surface area contributed by atoms with Gasteiger partial charge in [0.2, 0.25) is 5.95 Å². The van der Waals surface area contributed by atoms with Gasteiger partial charge in [-0.05, 0) is 38.5 Å². The summed E-state index contributed by atoms with van der Waals surface area (Å²) in [7, 11) is 0. The number of hydrogen-bond donors (Lipinski definition) is 2. The number of halogens is 4. The molecule has 2 aliphatic heterocycles. The fourth-order valence-electron chi connectivity index (χ4n) is 5.26. The molecule has 0 radical (unpaired) electrons. The Hall–Kier alpha value is -3.52. The highest BCUT2D eigenvalue weighted by Crippen LogP contribution is 2.32. The zero-order valence-corrected chi connectivity index (χ0v) is 20.8. The number of alkyl halides is 4. The van der Waals surface area contributed by atoms with Gasteiger partial charge < -0.3 is 20.4 Å². The summed E-state index contributed by atoms with van der Waals surface area (Å²) in [5.74, 6) is 0.546. The number of imidazole rings is 1. The normalized spacial score (nSPS) is 22.2. The van der Waals surface area contributed by atoms with Gasteiger partial charge in [0.15, 0.2) is 11.5 Å². The van der Waals surface area contributed by atoms with E-state index < -0.39 is 24.9 Å². The van der Waals surface area contributed by atoms with Gasteiger partial charge in [0.05, 0.1) is 30.5 Å². The zero-order chi connectivity index (χ0) is 26.8. The number of nitrogen functional groups attached to an aromatic ring is 1. The lowest BCUT2D eigenvalue weighted by atomic mass is 9.92. The van der Waals surface area contributed by atoms with Crippen LogP contribution in [0.5, 0.6) is 0 Å². The van der Waals surface area contributed by atoms with Gasteiger partial charge in [-0.15, -0.1) is 5.10 Å². The molecule has 0 saturated carbocycles. The Morgan fingerprint density at radius 1 is 1.18 bits per heavy atom. The van der Waals surface area contributed by atoms with Gasteiger partial charge in [0.25, 0.3) is 0 Å². The van der Waals surface area contributed by atoms with Gasteiger partial charge in [-0.1, -0.05) is 0 Å². The van der Waals surface area contributed by atoms with E-state index in [4.69, 9.17) is 10.5 Å². The zero-order valence-electron chi connectivity index (χ0n) is 20.8. The Balaban J connectivity index is 1.27. The molecule has 0 unspecified atom stereocenters. The predicted molar refractivity (Wildman–Crippen MR) is 132 cm³/mol. The number of hydrogen-bond acceptors (Lipinski definition) is 8. The quantitative estimate of drug-likeness (QED) is 0.377. The van der Waals surface area contributed by atoms with Crippen LogP contribution in [-0.4, -0.2) is 84.3 Å². The molecule has 0 amide bonds. The molecular weight excluding hydrogens is 506 g/mol. The minimum atomic E-state index is -4.42. The first-order chi connectivity index (χ1) is 18.0. The number of fused-ring (bicyclic) bond motifs is 2. The van der Waals surface area contributed by atoms with Crippen molar-refractivity contribution in [2.45, 2.75) is 50.7 Å². The lowest BCUT2D eigenvalue weighted by molar-refractivity contribution is -0.142. The van der Waals surface area contributed by atoms with Crippen molar-refractivity contribution in [2.24, 2.45) is 0 Å². The molecule has 0 aromatic carbocycles. The molecule has 38 heavy (non-hydrogen) atoms. The number of nitrogens with two attached hydrogens (primary N) is 1. The average Bonchev–Trinajstić information content (AvgIpc) is 3.39. The first kappa shape index (κ1) is 24.8. The predicted octanol–water partition coefficient (Wildman–Crippen LogP) is 3.21. The molecule has 4 aromatic heterocycles. The molecular formula is C24H27F4N9O. The SMILES string of the molecule is Cc1nc2ccc(-c3ccn4nc(N[C@H]5CCN(C6(C)COC6)C[C@H]5F)nc(N)c34)nc2n1CC(F)(F)F. The van der Waals surface area contributed by atoms with Crippen LogP contribution in [0, 0.1) is 6.92 Å². The highest BCUT2D eigenvalue weighted by atomic mass is 19.4. The highest BCUT2D eigenvalue weighted by molar-refractivity contribution is 5.88. The average molecular weight is 534 g/mol. The van der Waals surface area contributed by atoms with Crippen LogP contribution < -0.4 is 11.1 Å². The molecule has 2 atom stereocenters. The number of anilines is 2. The molecule has 2 aliphatic rings. The number of ether oxygens (including phenoxy) is 1. The van der Waals surface area contributed by atoms with Crippen molar-refractivity contribution >= 4 is 28.4 Å². The van der Waals surface area contributed by atoms with Gasteiger partial charge in [0.1, 0.15) is 29.6 Å². The van der Waals surface area contributed by atoms with Gasteiger partial charge in [0, 0.05) is 24.8 Å². The third-order valence-corrected chi connectivity index (χ3v) is 7.38. The van der Waals surface area contributed by atoms with Crippen LogP contribution in [0.2, 0.25) is 0 Å². The minimum Gasteiger partial charge on any atom is -0.382 e. The van der Waals surface area contributed by atoms with Crippen LogP contribution in [0.25, 0.3) is 27.9 Å². The number of likely N-dealkylation sites (tertiary alicyclic amines) is 1. The monoisotopic (exact) mass is 533 g/mol. The summed E-state index contributed by atoms with van der Waals surface area (Å²) in [5, 5.41) is 7.55. The standard InChI is InChI=1S/C24H27F4N9O/c1-13-30-18-4-3-16(31-21(18)36(13)10-24(26,27)28)14-5-8-37-19(14)20(29)33-22(34-37)32-17-6-7-35(9-15(17)25)23(2)11-38-12-23/h3-5,8,15,17H,6-7,9-12H2,1-2H3,(H3,29,32,33,34)/t15-,17+/m1/s1. The van der Waals surface area contributed by atoms with Crippen molar-refractivity contribution in [1.29, 1.82) is 0 Å². The summed E-state index contributed by atoms with van der Waals surface area (Å²) in [4.78, 5) is 15.2. The maximum absolute atomic E-state index is 15.1. The minimum absolute atomic E-state index is 0.114. The number of nitrogens with one attached hydrogen (secondary N) is 1. The lowest BCUT2D eigenvalue weighted by Gasteiger charge is -2.50. The molecule has 14 heteroatoms. The third kappa shape index (κ3) is 4.30. The van der Waals surface area contributed by atoms with E-state index >= 15 is 4.39 Å². The van der Waals surface area contributed by atoms with Crippen molar-refractivity contribution in [3.05, 3.63) is 30.2 Å². The van der Waals surface area contributed by atoms with Crippen molar-refractivity contribution in [2.75, 3.05) is 37.4 Å². The number of rotatable bonds is 5. The summed E-state index contributed by atoms with van der Waals surface area (Å²) in [6.07, 6.45) is -3.31. The molecule has 6 heterocycles. The second kappa shape index (κ2) is 8.76. The van der Waals surface area contributed by atoms with Crippen molar-refractivity contribution in [1.82, 2.24) is 34.0 Å². The molecule has 0 bridgehead atoms. The van der Waals surface area contributed by atoms with Crippen LogP contribution in [0.1, 0.15) is 19.2 Å². The Morgan fingerprint density at radius 2 is 1.97 bits per heavy atom. The van der Waals surface area contributed by atoms with E-state index in [0.29, 0.717) is 48.5 Å². The molecule has 2 saturated heterocycles. The number of nitrogens with zero attached hydrogens (tertiary/aromatic N) is 7. The Labute approximate surface area is 214 Å². The van der Waals surface area contributed by atoms with Crippen LogP contribution >= 0.6 is 0 Å². The van der Waals surface area contributed by atoms with Crippen LogP contribution in [-0.2, 0) is 11.3 Å². The summed E-state index contributed by atoms with van der Waals surface area (Å²) >= 11 is 0. The summed E-state index contributed by atoms with van der Waals surface area (Å²) in [6, 6.07) is 4.54. The van der Waals surface area contributed by atoms with E-state index in [1.165, 1.54) is 11.4 Å². The van der Waals surface area contributed by atoms with E-state index in [1.54, 1.807) is 24.4 Å². The summed E-state index contributed by atoms with van der Waals surface area (Å²) in [6.45, 7) is 4.63. The fourth-order valence-corrected chi connectivity index (χ4v) is 5.26. The van der Waals surface area contributed by atoms with E-state index in [1.807, 2.05) is 0 Å². The topological polar surface area (TPSA) is 111 Å². The van der Waals surface area contributed by atoms with Crippen LogP contribution in [0.3, 0.4) is 0 Å². The molecule has 0 aliphatic carbocycles. The van der Waals surface area contributed by atoms with E-state index in [-0.39, 0.29) is 28.8 Å². The maximum atomic E-state index is 15.1. The second-order valence-electron chi connectivity index (χ2n) is 10.2. The molecule has 3 N–H and O–H groups in total. The largest absolute Gasteiger partial charge is 0.406 e.